The number of rotatable bonds is 2. The molecule has 1 aromatic carbocycles. The normalized spacial score (nSPS) is 10.6. The van der Waals surface area contributed by atoms with Crippen molar-refractivity contribution < 1.29 is 4.39 Å². The lowest BCUT2D eigenvalue weighted by molar-refractivity contribution is 0.630. The van der Waals surface area contributed by atoms with Crippen molar-refractivity contribution in [1.82, 2.24) is 9.97 Å². The van der Waals surface area contributed by atoms with Crippen molar-refractivity contribution in [3.05, 3.63) is 59.8 Å². The van der Waals surface area contributed by atoms with Gasteiger partial charge in [0, 0.05) is 11.6 Å². The Hall–Kier alpha value is -2.20. The summed E-state index contributed by atoms with van der Waals surface area (Å²) in [6.45, 7) is 0. The lowest BCUT2D eigenvalue weighted by atomic mass is 10.1. The van der Waals surface area contributed by atoms with Crippen LogP contribution in [0, 0.1) is 5.82 Å². The van der Waals surface area contributed by atoms with Crippen LogP contribution in [0.3, 0.4) is 0 Å². The molecule has 3 nitrogen and oxygen atoms in total. The molecule has 0 saturated carbocycles. The fourth-order valence-electron chi connectivity index (χ4n) is 1.83. The van der Waals surface area contributed by atoms with E-state index in [-0.39, 0.29) is 5.82 Å². The van der Waals surface area contributed by atoms with Crippen molar-refractivity contribution in [1.29, 1.82) is 0 Å². The monoisotopic (exact) mass is 273 g/mol. The minimum Gasteiger partial charge on any atom is -0.338 e. The highest BCUT2D eigenvalue weighted by Gasteiger charge is 2.04. The summed E-state index contributed by atoms with van der Waals surface area (Å²) in [5, 5.41) is 5.21. The number of anilines is 2. The highest BCUT2D eigenvalue weighted by molar-refractivity contribution is 6.29. The van der Waals surface area contributed by atoms with E-state index >= 15 is 0 Å². The molecule has 0 fully saturated rings. The number of fused-ring (bicyclic) bond motifs is 1. The molecule has 1 N–H and O–H groups in total. The van der Waals surface area contributed by atoms with Crippen LogP contribution in [0.2, 0.25) is 5.15 Å². The topological polar surface area (TPSA) is 37.8 Å². The van der Waals surface area contributed by atoms with Gasteiger partial charge in [-0.25, -0.2) is 14.4 Å². The van der Waals surface area contributed by atoms with Crippen molar-refractivity contribution in [2.75, 3.05) is 5.32 Å². The fraction of sp³-hybridized carbons (Fsp3) is 0. The second-order valence-electron chi connectivity index (χ2n) is 4.02. The zero-order chi connectivity index (χ0) is 13.2. The van der Waals surface area contributed by atoms with Crippen molar-refractivity contribution >= 4 is 33.9 Å². The van der Waals surface area contributed by atoms with Gasteiger partial charge in [0.2, 0.25) is 0 Å². The fourth-order valence-corrected chi connectivity index (χ4v) is 1.95. The van der Waals surface area contributed by atoms with E-state index in [2.05, 4.69) is 15.3 Å². The molecule has 0 unspecified atom stereocenters. The summed E-state index contributed by atoms with van der Waals surface area (Å²) in [4.78, 5) is 8.24. The molecule has 0 aliphatic carbocycles. The second kappa shape index (κ2) is 4.82. The maximum atomic E-state index is 13.2. The molecule has 0 saturated heterocycles. The van der Waals surface area contributed by atoms with E-state index < -0.39 is 0 Å². The first-order valence-corrected chi connectivity index (χ1v) is 6.03. The molecular weight excluding hydrogens is 265 g/mol. The van der Waals surface area contributed by atoms with Gasteiger partial charge in [0.1, 0.15) is 16.8 Å². The third-order valence-electron chi connectivity index (χ3n) is 2.72. The molecule has 0 amide bonds. The molecule has 94 valence electrons. The van der Waals surface area contributed by atoms with Crippen molar-refractivity contribution in [2.24, 2.45) is 0 Å². The van der Waals surface area contributed by atoms with Gasteiger partial charge < -0.3 is 5.32 Å². The highest BCUT2D eigenvalue weighted by Crippen LogP contribution is 2.24. The Bertz CT molecular complexity index is 728. The Balaban J connectivity index is 2.03. The zero-order valence-corrected chi connectivity index (χ0v) is 10.5. The zero-order valence-electron chi connectivity index (χ0n) is 9.77. The first kappa shape index (κ1) is 11.9. The quantitative estimate of drug-likeness (QED) is 0.712. The molecule has 2 aromatic heterocycles. The summed E-state index contributed by atoms with van der Waals surface area (Å²) in [7, 11) is 0. The van der Waals surface area contributed by atoms with Gasteiger partial charge in [-0.05, 0) is 41.8 Å². The molecule has 19 heavy (non-hydrogen) atoms. The van der Waals surface area contributed by atoms with Crippen molar-refractivity contribution in [2.45, 2.75) is 0 Å². The van der Waals surface area contributed by atoms with E-state index in [9.17, 15) is 4.39 Å². The number of benzene rings is 1. The van der Waals surface area contributed by atoms with Crippen LogP contribution in [-0.2, 0) is 0 Å². The van der Waals surface area contributed by atoms with E-state index in [1.807, 2.05) is 0 Å². The van der Waals surface area contributed by atoms with Crippen molar-refractivity contribution in [3.63, 3.8) is 0 Å². The van der Waals surface area contributed by atoms with Crippen LogP contribution in [0.4, 0.5) is 15.9 Å². The average molecular weight is 274 g/mol. The number of pyridine rings is 2. The van der Waals surface area contributed by atoms with Gasteiger partial charge in [0.05, 0.1) is 11.9 Å². The molecular formula is C14H9ClFN3. The van der Waals surface area contributed by atoms with Gasteiger partial charge >= 0.3 is 0 Å². The number of hydrogen-bond acceptors (Lipinski definition) is 3. The Morgan fingerprint density at radius 1 is 1.05 bits per heavy atom. The van der Waals surface area contributed by atoms with Crippen LogP contribution >= 0.6 is 11.6 Å². The van der Waals surface area contributed by atoms with E-state index in [1.54, 1.807) is 36.7 Å². The lowest BCUT2D eigenvalue weighted by Gasteiger charge is -2.08. The molecule has 0 aliphatic rings. The molecule has 0 radical (unpaired) electrons. The van der Waals surface area contributed by atoms with Crippen LogP contribution in [0.5, 0.6) is 0 Å². The summed E-state index contributed by atoms with van der Waals surface area (Å²) >= 11 is 5.73. The molecule has 3 rings (SSSR count). The molecule has 0 spiro atoms. The largest absolute Gasteiger partial charge is 0.338 e. The SMILES string of the molecule is Fc1ccc2c(Nc3ccc(Cl)nc3)nccc2c1. The first-order valence-electron chi connectivity index (χ1n) is 5.65. The number of nitrogens with one attached hydrogen (secondary N) is 1. The molecule has 3 aromatic rings. The van der Waals surface area contributed by atoms with Crippen LogP contribution in [0.25, 0.3) is 10.8 Å². The molecule has 5 heteroatoms. The molecule has 2 heterocycles. The average Bonchev–Trinajstić information content (AvgIpc) is 2.41. The second-order valence-corrected chi connectivity index (χ2v) is 4.41. The summed E-state index contributed by atoms with van der Waals surface area (Å²) in [6, 6.07) is 9.85. The first-order chi connectivity index (χ1) is 9.22. The highest BCUT2D eigenvalue weighted by atomic mass is 35.5. The molecule has 0 bridgehead atoms. The number of nitrogens with zero attached hydrogens (tertiary/aromatic N) is 2. The third kappa shape index (κ3) is 2.48. The number of hydrogen-bond donors (Lipinski definition) is 1. The predicted molar refractivity (Wildman–Crippen MR) is 74.2 cm³/mol. The summed E-state index contributed by atoms with van der Waals surface area (Å²) in [5.74, 6) is 0.388. The lowest BCUT2D eigenvalue weighted by Crippen LogP contribution is -1.95. The van der Waals surface area contributed by atoms with Crippen LogP contribution in [-0.4, -0.2) is 9.97 Å². The summed E-state index contributed by atoms with van der Waals surface area (Å²) < 4.78 is 13.2. The summed E-state index contributed by atoms with van der Waals surface area (Å²) in [6.07, 6.45) is 3.25. The third-order valence-corrected chi connectivity index (χ3v) is 2.94. The number of halogens is 2. The van der Waals surface area contributed by atoms with E-state index in [0.717, 1.165) is 16.5 Å². The van der Waals surface area contributed by atoms with Gasteiger partial charge in [-0.1, -0.05) is 11.6 Å². The molecule has 0 aliphatic heterocycles. The van der Waals surface area contributed by atoms with E-state index in [1.165, 1.54) is 12.1 Å². The Kier molecular flexibility index (Phi) is 3.01. The Morgan fingerprint density at radius 2 is 1.95 bits per heavy atom. The van der Waals surface area contributed by atoms with E-state index in [0.29, 0.717) is 11.0 Å². The number of aromatic nitrogens is 2. The standard InChI is InChI=1S/C14H9ClFN3/c15-13-4-2-11(8-18-13)19-14-12-3-1-10(16)7-9(12)5-6-17-14/h1-8H,(H,17,19). The van der Waals surface area contributed by atoms with Crippen molar-refractivity contribution in [3.8, 4) is 0 Å². The Labute approximate surface area is 114 Å². The van der Waals surface area contributed by atoms with Gasteiger partial charge in [-0.3, -0.25) is 0 Å². The van der Waals surface area contributed by atoms with E-state index in [4.69, 9.17) is 11.6 Å². The van der Waals surface area contributed by atoms with Gasteiger partial charge in [-0.15, -0.1) is 0 Å². The minimum absolute atomic E-state index is 0.266. The van der Waals surface area contributed by atoms with Crippen LogP contribution in [0.15, 0.2) is 48.8 Å². The van der Waals surface area contributed by atoms with Crippen LogP contribution < -0.4 is 5.32 Å². The van der Waals surface area contributed by atoms with Gasteiger partial charge in [0.25, 0.3) is 0 Å². The predicted octanol–water partition coefficient (Wildman–Crippen LogP) is 4.17. The van der Waals surface area contributed by atoms with Crippen LogP contribution in [0.1, 0.15) is 0 Å². The minimum atomic E-state index is -0.266. The Morgan fingerprint density at radius 3 is 2.74 bits per heavy atom. The smallest absolute Gasteiger partial charge is 0.138 e. The molecule has 0 atom stereocenters. The van der Waals surface area contributed by atoms with Gasteiger partial charge in [0.15, 0.2) is 0 Å². The van der Waals surface area contributed by atoms with Gasteiger partial charge in [-0.2, -0.15) is 0 Å². The maximum Gasteiger partial charge on any atom is 0.138 e. The maximum absolute atomic E-state index is 13.2. The summed E-state index contributed by atoms with van der Waals surface area (Å²) in [5.41, 5.74) is 0.772.